The first-order chi connectivity index (χ1) is 12.3. The number of carbonyl (C=O) groups is 1. The van der Waals surface area contributed by atoms with Gasteiger partial charge in [0.15, 0.2) is 16.3 Å². The van der Waals surface area contributed by atoms with Crippen LogP contribution >= 0.6 is 11.8 Å². The highest BCUT2D eigenvalue weighted by Gasteiger charge is 2.21. The third-order valence-corrected chi connectivity index (χ3v) is 5.50. The van der Waals surface area contributed by atoms with Crippen molar-refractivity contribution < 1.29 is 4.79 Å². The Bertz CT molecular complexity index is 1090. The fraction of sp³-hybridized carbons (Fsp3) is 0.333. The zero-order chi connectivity index (χ0) is 19.0. The number of hydrogen-bond donors (Lipinski definition) is 1. The van der Waals surface area contributed by atoms with E-state index >= 15 is 0 Å². The van der Waals surface area contributed by atoms with Crippen LogP contribution in [-0.2, 0) is 18.4 Å². The van der Waals surface area contributed by atoms with Crippen LogP contribution in [0.25, 0.3) is 11.2 Å². The molecule has 136 valence electrons. The van der Waals surface area contributed by atoms with Crippen LogP contribution in [0.2, 0.25) is 0 Å². The zero-order valence-electron chi connectivity index (χ0n) is 15.1. The highest BCUT2D eigenvalue weighted by Crippen LogP contribution is 2.26. The number of imidazole rings is 1. The molecule has 0 spiro atoms. The molecule has 0 bridgehead atoms. The van der Waals surface area contributed by atoms with E-state index in [1.54, 1.807) is 18.5 Å². The predicted octanol–water partition coefficient (Wildman–Crippen LogP) is 1.85. The number of benzene rings is 1. The van der Waals surface area contributed by atoms with E-state index in [2.05, 4.69) is 9.97 Å². The van der Waals surface area contributed by atoms with Crippen LogP contribution in [0.3, 0.4) is 0 Å². The molecular formula is C18H20N4O3S. The number of carbonyl (C=O) groups excluding carboxylic acids is 1. The smallest absolute Gasteiger partial charge is 0.309 e. The molecule has 0 saturated heterocycles. The number of H-pyrrole nitrogens is 1. The summed E-state index contributed by atoms with van der Waals surface area (Å²) in [5.74, 6) is 0.0201. The van der Waals surface area contributed by atoms with Gasteiger partial charge in [-0.3, -0.25) is 19.1 Å². The topological polar surface area (TPSA) is 89.8 Å². The number of ketones is 1. The second kappa shape index (κ2) is 6.95. The zero-order valence-corrected chi connectivity index (χ0v) is 15.9. The molecule has 26 heavy (non-hydrogen) atoms. The molecule has 1 unspecified atom stereocenters. The molecule has 0 saturated carbocycles. The Morgan fingerprint density at radius 1 is 1.27 bits per heavy atom. The van der Waals surface area contributed by atoms with Gasteiger partial charge in [0.05, 0.1) is 11.8 Å². The van der Waals surface area contributed by atoms with Crippen LogP contribution in [0.4, 0.5) is 0 Å². The summed E-state index contributed by atoms with van der Waals surface area (Å²) in [4.78, 5) is 42.8. The van der Waals surface area contributed by atoms with E-state index < -0.39 is 11.2 Å². The Kier molecular flexibility index (Phi) is 4.86. The summed E-state index contributed by atoms with van der Waals surface area (Å²) in [5.41, 5.74) is 1.78. The summed E-state index contributed by atoms with van der Waals surface area (Å²) >= 11 is 1.28. The van der Waals surface area contributed by atoms with Crippen LogP contribution in [0, 0.1) is 6.92 Å². The summed E-state index contributed by atoms with van der Waals surface area (Å²) in [6.45, 7) is 5.75. The monoisotopic (exact) mass is 372 g/mol. The first-order valence-corrected chi connectivity index (χ1v) is 9.08. The molecule has 2 heterocycles. The van der Waals surface area contributed by atoms with Crippen LogP contribution in [0.1, 0.15) is 25.0 Å². The fourth-order valence-electron chi connectivity index (χ4n) is 2.57. The number of aryl methyl sites for hydroxylation is 2. The summed E-state index contributed by atoms with van der Waals surface area (Å²) < 4.78 is 3.08. The molecule has 3 rings (SSSR count). The normalized spacial score (nSPS) is 12.5. The van der Waals surface area contributed by atoms with Crippen LogP contribution in [0.5, 0.6) is 0 Å². The third-order valence-electron chi connectivity index (χ3n) is 4.29. The van der Waals surface area contributed by atoms with E-state index in [1.165, 1.54) is 23.3 Å². The van der Waals surface area contributed by atoms with Crippen molar-refractivity contribution >= 4 is 28.7 Å². The Balaban J connectivity index is 2.20. The molecule has 1 N–H and O–H groups in total. The van der Waals surface area contributed by atoms with Crippen molar-refractivity contribution in [2.75, 3.05) is 0 Å². The Labute approximate surface area is 154 Å². The number of rotatable bonds is 5. The molecular weight excluding hydrogens is 352 g/mol. The molecule has 7 nitrogen and oxygen atoms in total. The number of hydrogen-bond acceptors (Lipinski definition) is 5. The average molecular weight is 372 g/mol. The molecule has 1 aromatic carbocycles. The molecule has 0 aliphatic heterocycles. The summed E-state index contributed by atoms with van der Waals surface area (Å²) in [6.07, 6.45) is 0. The van der Waals surface area contributed by atoms with Crippen molar-refractivity contribution in [3.63, 3.8) is 0 Å². The lowest BCUT2D eigenvalue weighted by atomic mass is 10.1. The maximum Gasteiger partial charge on any atom is 0.329 e. The van der Waals surface area contributed by atoms with Crippen molar-refractivity contribution in [2.45, 2.75) is 37.7 Å². The number of nitrogens with one attached hydrogen (secondary N) is 1. The van der Waals surface area contributed by atoms with Crippen molar-refractivity contribution in [3.05, 3.63) is 56.2 Å². The molecule has 0 aliphatic carbocycles. The number of aromatic amines is 1. The maximum atomic E-state index is 12.4. The van der Waals surface area contributed by atoms with E-state index in [-0.39, 0.29) is 11.0 Å². The molecule has 0 radical (unpaired) electrons. The molecule has 3 aromatic rings. The van der Waals surface area contributed by atoms with E-state index in [0.717, 1.165) is 11.1 Å². The maximum absolute atomic E-state index is 12.4. The standard InChI is InChI=1S/C18H20N4O3S/c1-10-5-7-13(8-6-10)9-22-14-15(21(4)17(25)20-16(14)24)19-18(22)26-12(3)11(2)23/h5-8,12H,9H2,1-4H3,(H,20,24,25). The number of Topliss-reactive ketones (excluding diaryl/α,β-unsaturated/α-hetero) is 1. The largest absolute Gasteiger partial charge is 0.329 e. The van der Waals surface area contributed by atoms with E-state index in [0.29, 0.717) is 22.9 Å². The molecule has 0 fully saturated rings. The number of aromatic nitrogens is 4. The van der Waals surface area contributed by atoms with Gasteiger partial charge in [-0.25, -0.2) is 9.78 Å². The fourth-order valence-corrected chi connectivity index (χ4v) is 3.47. The van der Waals surface area contributed by atoms with Crippen molar-refractivity contribution in [1.29, 1.82) is 0 Å². The summed E-state index contributed by atoms with van der Waals surface area (Å²) in [5, 5.41) is 0.231. The number of thioether (sulfide) groups is 1. The van der Waals surface area contributed by atoms with Gasteiger partial charge >= 0.3 is 5.69 Å². The van der Waals surface area contributed by atoms with Gasteiger partial charge in [0.2, 0.25) is 0 Å². The predicted molar refractivity (Wildman–Crippen MR) is 102 cm³/mol. The molecule has 2 aromatic heterocycles. The molecule has 1 atom stereocenters. The Morgan fingerprint density at radius 2 is 1.92 bits per heavy atom. The van der Waals surface area contributed by atoms with Gasteiger partial charge < -0.3 is 4.57 Å². The van der Waals surface area contributed by atoms with Gasteiger partial charge in [0.25, 0.3) is 5.56 Å². The van der Waals surface area contributed by atoms with Gasteiger partial charge in [-0.2, -0.15) is 0 Å². The number of fused-ring (bicyclic) bond motifs is 1. The Hall–Kier alpha value is -2.61. The van der Waals surface area contributed by atoms with Crippen molar-refractivity contribution in [3.8, 4) is 0 Å². The van der Waals surface area contributed by atoms with E-state index in [4.69, 9.17) is 0 Å². The van der Waals surface area contributed by atoms with Crippen LogP contribution in [0.15, 0.2) is 39.0 Å². The van der Waals surface area contributed by atoms with Gasteiger partial charge in [-0.1, -0.05) is 41.6 Å². The number of nitrogens with zero attached hydrogens (tertiary/aromatic N) is 3. The lowest BCUT2D eigenvalue weighted by molar-refractivity contribution is -0.116. The van der Waals surface area contributed by atoms with E-state index in [1.807, 2.05) is 31.2 Å². The SMILES string of the molecule is CC(=O)C(C)Sc1nc2c(c(=O)[nH]c(=O)n2C)n1Cc1ccc(C)cc1. The van der Waals surface area contributed by atoms with Gasteiger partial charge in [0.1, 0.15) is 5.78 Å². The van der Waals surface area contributed by atoms with E-state index in [9.17, 15) is 14.4 Å². The van der Waals surface area contributed by atoms with Gasteiger partial charge in [0, 0.05) is 7.05 Å². The molecule has 8 heteroatoms. The van der Waals surface area contributed by atoms with Crippen LogP contribution < -0.4 is 11.2 Å². The minimum Gasteiger partial charge on any atom is -0.309 e. The lowest BCUT2D eigenvalue weighted by Gasteiger charge is -2.11. The van der Waals surface area contributed by atoms with Crippen molar-refractivity contribution in [1.82, 2.24) is 19.1 Å². The second-order valence-electron chi connectivity index (χ2n) is 6.33. The third kappa shape index (κ3) is 3.37. The van der Waals surface area contributed by atoms with Gasteiger partial charge in [-0.05, 0) is 26.3 Å². The highest BCUT2D eigenvalue weighted by atomic mass is 32.2. The average Bonchev–Trinajstić information content (AvgIpc) is 2.93. The minimum atomic E-state index is -0.515. The first kappa shape index (κ1) is 18.2. The lowest BCUT2D eigenvalue weighted by Crippen LogP contribution is -2.29. The second-order valence-corrected chi connectivity index (χ2v) is 7.64. The summed E-state index contributed by atoms with van der Waals surface area (Å²) in [7, 11) is 1.56. The minimum absolute atomic E-state index is 0.0201. The molecule has 0 amide bonds. The molecule has 0 aliphatic rings. The quantitative estimate of drug-likeness (QED) is 0.691. The van der Waals surface area contributed by atoms with Gasteiger partial charge in [-0.15, -0.1) is 0 Å². The Morgan fingerprint density at radius 3 is 2.54 bits per heavy atom. The van der Waals surface area contributed by atoms with Crippen molar-refractivity contribution in [2.24, 2.45) is 7.05 Å². The summed E-state index contributed by atoms with van der Waals surface area (Å²) in [6, 6.07) is 7.97. The first-order valence-electron chi connectivity index (χ1n) is 8.20. The highest BCUT2D eigenvalue weighted by molar-refractivity contribution is 8.00. The van der Waals surface area contributed by atoms with Crippen LogP contribution in [-0.4, -0.2) is 30.1 Å².